The zero-order chi connectivity index (χ0) is 10.6. The molecular formula is C14H17NO. The van der Waals surface area contributed by atoms with Crippen LogP contribution in [0.1, 0.15) is 18.4 Å². The first-order valence-electron chi connectivity index (χ1n) is 6.35. The van der Waals surface area contributed by atoms with Crippen LogP contribution in [0.15, 0.2) is 24.3 Å². The number of hydrogen-bond donors (Lipinski definition) is 0. The van der Waals surface area contributed by atoms with Crippen molar-refractivity contribution in [2.75, 3.05) is 19.6 Å². The number of rotatable bonds is 0. The van der Waals surface area contributed by atoms with Gasteiger partial charge in [0.25, 0.3) is 0 Å². The number of piperidine rings is 3. The Morgan fingerprint density at radius 2 is 2.00 bits per heavy atom. The average Bonchev–Trinajstić information content (AvgIpc) is 2.68. The maximum Gasteiger partial charge on any atom is 0.129 e. The van der Waals surface area contributed by atoms with Gasteiger partial charge in [0.2, 0.25) is 0 Å². The third-order valence-corrected chi connectivity index (χ3v) is 4.60. The zero-order valence-electron chi connectivity index (χ0n) is 9.48. The third-order valence-electron chi connectivity index (χ3n) is 4.60. The molecule has 1 aromatic carbocycles. The van der Waals surface area contributed by atoms with Crippen molar-refractivity contribution in [3.05, 3.63) is 29.8 Å². The Morgan fingerprint density at radius 1 is 1.19 bits per heavy atom. The van der Waals surface area contributed by atoms with Crippen LogP contribution in [-0.4, -0.2) is 30.1 Å². The van der Waals surface area contributed by atoms with E-state index in [0.29, 0.717) is 0 Å². The molecule has 0 amide bonds. The summed E-state index contributed by atoms with van der Waals surface area (Å²) in [6.07, 6.45) is 3.78. The number of ether oxygens (including phenoxy) is 1. The van der Waals surface area contributed by atoms with Crippen LogP contribution < -0.4 is 4.74 Å². The smallest absolute Gasteiger partial charge is 0.129 e. The average molecular weight is 215 g/mol. The van der Waals surface area contributed by atoms with Crippen LogP contribution in [0.5, 0.6) is 5.75 Å². The lowest BCUT2D eigenvalue weighted by Gasteiger charge is -2.50. The Labute approximate surface area is 96.2 Å². The van der Waals surface area contributed by atoms with Gasteiger partial charge in [0.05, 0.1) is 0 Å². The van der Waals surface area contributed by atoms with Crippen LogP contribution in [0.4, 0.5) is 0 Å². The highest BCUT2D eigenvalue weighted by molar-refractivity contribution is 5.40. The summed E-state index contributed by atoms with van der Waals surface area (Å²) in [5.41, 5.74) is 1.54. The van der Waals surface area contributed by atoms with E-state index in [2.05, 4.69) is 29.2 Å². The van der Waals surface area contributed by atoms with Crippen LogP contribution in [0, 0.1) is 5.92 Å². The molecule has 0 aliphatic carbocycles. The number of nitrogens with zero attached hydrogens (tertiary/aromatic N) is 1. The molecule has 0 radical (unpaired) electrons. The second-order valence-electron chi connectivity index (χ2n) is 5.50. The van der Waals surface area contributed by atoms with Crippen molar-refractivity contribution in [3.8, 4) is 5.75 Å². The largest absolute Gasteiger partial charge is 0.485 e. The van der Waals surface area contributed by atoms with Crippen molar-refractivity contribution >= 4 is 0 Å². The maximum atomic E-state index is 6.33. The molecule has 4 aliphatic rings. The van der Waals surface area contributed by atoms with Gasteiger partial charge in [-0.05, 0) is 37.6 Å². The number of benzene rings is 1. The summed E-state index contributed by atoms with van der Waals surface area (Å²) >= 11 is 0. The quantitative estimate of drug-likeness (QED) is 0.657. The summed E-state index contributed by atoms with van der Waals surface area (Å²) in [6.45, 7) is 3.71. The first-order chi connectivity index (χ1) is 7.86. The molecular weight excluding hydrogens is 198 g/mol. The number of para-hydroxylation sites is 1. The predicted molar refractivity (Wildman–Crippen MR) is 62.7 cm³/mol. The van der Waals surface area contributed by atoms with Crippen LogP contribution in [0.25, 0.3) is 0 Å². The molecule has 2 heteroatoms. The highest BCUT2D eigenvalue weighted by Crippen LogP contribution is 2.46. The van der Waals surface area contributed by atoms with Gasteiger partial charge in [-0.2, -0.15) is 0 Å². The van der Waals surface area contributed by atoms with Gasteiger partial charge >= 0.3 is 0 Å². The maximum absolute atomic E-state index is 6.33. The third kappa shape index (κ3) is 1.11. The zero-order valence-corrected chi connectivity index (χ0v) is 9.48. The van der Waals surface area contributed by atoms with E-state index in [0.717, 1.165) is 24.6 Å². The monoisotopic (exact) mass is 215 g/mol. The Hall–Kier alpha value is -1.02. The Bertz CT molecular complexity index is 395. The lowest BCUT2D eigenvalue weighted by molar-refractivity contribution is -0.0798. The van der Waals surface area contributed by atoms with E-state index >= 15 is 0 Å². The van der Waals surface area contributed by atoms with Gasteiger partial charge in [0.1, 0.15) is 11.4 Å². The molecule has 4 aliphatic heterocycles. The van der Waals surface area contributed by atoms with E-state index in [1.165, 1.54) is 31.5 Å². The summed E-state index contributed by atoms with van der Waals surface area (Å²) in [5.74, 6) is 1.92. The van der Waals surface area contributed by atoms with Gasteiger partial charge in [0.15, 0.2) is 0 Å². The van der Waals surface area contributed by atoms with Crippen molar-refractivity contribution in [1.29, 1.82) is 0 Å². The van der Waals surface area contributed by atoms with E-state index in [1.807, 2.05) is 0 Å². The topological polar surface area (TPSA) is 12.5 Å². The minimum Gasteiger partial charge on any atom is -0.485 e. The molecule has 84 valence electrons. The van der Waals surface area contributed by atoms with E-state index in [-0.39, 0.29) is 5.60 Å². The highest BCUT2D eigenvalue weighted by Gasteiger charge is 2.51. The minimum absolute atomic E-state index is 0.125. The first-order valence-corrected chi connectivity index (χ1v) is 6.35. The molecule has 0 aromatic heterocycles. The molecule has 2 nitrogen and oxygen atoms in total. The van der Waals surface area contributed by atoms with Crippen molar-refractivity contribution in [3.63, 3.8) is 0 Å². The highest BCUT2D eigenvalue weighted by atomic mass is 16.5. The van der Waals surface area contributed by atoms with Crippen molar-refractivity contribution in [2.24, 2.45) is 5.92 Å². The van der Waals surface area contributed by atoms with E-state index in [1.54, 1.807) is 0 Å². The molecule has 16 heavy (non-hydrogen) atoms. The van der Waals surface area contributed by atoms with Gasteiger partial charge in [-0.25, -0.2) is 0 Å². The lowest BCUT2D eigenvalue weighted by atomic mass is 9.73. The van der Waals surface area contributed by atoms with Gasteiger partial charge in [-0.1, -0.05) is 18.2 Å². The van der Waals surface area contributed by atoms with Gasteiger partial charge in [-0.15, -0.1) is 0 Å². The molecule has 5 rings (SSSR count). The molecule has 1 atom stereocenters. The number of fused-ring (bicyclic) bond motifs is 3. The van der Waals surface area contributed by atoms with E-state index in [4.69, 9.17) is 4.74 Å². The van der Waals surface area contributed by atoms with E-state index < -0.39 is 0 Å². The normalized spacial score (nSPS) is 39.8. The second kappa shape index (κ2) is 3.01. The summed E-state index contributed by atoms with van der Waals surface area (Å²) in [6, 6.07) is 8.56. The fraction of sp³-hybridized carbons (Fsp3) is 0.571. The van der Waals surface area contributed by atoms with Crippen LogP contribution in [0.3, 0.4) is 0 Å². The molecule has 1 spiro atoms. The first kappa shape index (κ1) is 9.06. The SMILES string of the molecule is c1ccc2c(c1)C[C@]1(CN3CCC1CC3)O2. The summed E-state index contributed by atoms with van der Waals surface area (Å²) < 4.78 is 6.33. The molecule has 0 unspecified atom stereocenters. The molecule has 4 heterocycles. The van der Waals surface area contributed by atoms with E-state index in [9.17, 15) is 0 Å². The lowest BCUT2D eigenvalue weighted by Crippen LogP contribution is -2.61. The van der Waals surface area contributed by atoms with Crippen LogP contribution in [0.2, 0.25) is 0 Å². The fourth-order valence-electron chi connectivity index (χ4n) is 3.77. The van der Waals surface area contributed by atoms with Crippen LogP contribution >= 0.6 is 0 Å². The number of hydrogen-bond acceptors (Lipinski definition) is 2. The van der Waals surface area contributed by atoms with Crippen molar-refractivity contribution < 1.29 is 4.74 Å². The standard InChI is InChI=1S/C14H17NO/c1-2-4-13-11(3-1)9-14(16-13)10-15-7-5-12(14)6-8-15/h1-4,12H,5-10H2/t14-/m1/s1. The molecule has 2 bridgehead atoms. The predicted octanol–water partition coefficient (Wildman–Crippen LogP) is 2.09. The molecule has 0 N–H and O–H groups in total. The molecule has 3 saturated heterocycles. The van der Waals surface area contributed by atoms with Gasteiger partial charge in [-0.3, -0.25) is 4.90 Å². The Kier molecular flexibility index (Phi) is 1.70. The summed E-state index contributed by atoms with van der Waals surface area (Å²) in [5, 5.41) is 0. The molecule has 0 saturated carbocycles. The minimum atomic E-state index is 0.125. The molecule has 3 fully saturated rings. The van der Waals surface area contributed by atoms with Gasteiger partial charge in [0, 0.05) is 18.9 Å². The molecule has 1 aromatic rings. The van der Waals surface area contributed by atoms with Crippen molar-refractivity contribution in [2.45, 2.75) is 24.9 Å². The van der Waals surface area contributed by atoms with Crippen molar-refractivity contribution in [1.82, 2.24) is 4.90 Å². The summed E-state index contributed by atoms with van der Waals surface area (Å²) in [4.78, 5) is 2.58. The fourth-order valence-corrected chi connectivity index (χ4v) is 3.77. The summed E-state index contributed by atoms with van der Waals surface area (Å²) in [7, 11) is 0. The Balaban J connectivity index is 1.72. The second-order valence-corrected chi connectivity index (χ2v) is 5.50. The Morgan fingerprint density at radius 3 is 2.69 bits per heavy atom. The van der Waals surface area contributed by atoms with Crippen LogP contribution in [-0.2, 0) is 6.42 Å². The van der Waals surface area contributed by atoms with Gasteiger partial charge < -0.3 is 4.74 Å².